The molecule has 0 spiro atoms. The number of fused-ring (bicyclic) bond motifs is 1. The number of hydrogen-bond donors (Lipinski definition) is 6. The van der Waals surface area contributed by atoms with Crippen molar-refractivity contribution in [1.29, 1.82) is 0 Å². The van der Waals surface area contributed by atoms with E-state index in [1.807, 2.05) is 12.1 Å². The fourth-order valence-electron chi connectivity index (χ4n) is 7.43. The zero-order valence-corrected chi connectivity index (χ0v) is 29.8. The smallest absolute Gasteiger partial charge is 0.309 e. The van der Waals surface area contributed by atoms with Crippen LogP contribution in [0.3, 0.4) is 0 Å². The van der Waals surface area contributed by atoms with Crippen molar-refractivity contribution in [2.75, 3.05) is 48.3 Å². The highest BCUT2D eigenvalue weighted by molar-refractivity contribution is 5.75. The number of ether oxygens (including phenoxy) is 6. The molecule has 1 fully saturated rings. The highest BCUT2D eigenvalue weighted by Gasteiger charge is 2.41. The van der Waals surface area contributed by atoms with E-state index < -0.39 is 36.6 Å². The van der Waals surface area contributed by atoms with Crippen molar-refractivity contribution in [2.45, 2.75) is 36.9 Å². The maximum atomic E-state index is 13.2. The molecule has 0 radical (unpaired) electrons. The second-order valence-electron chi connectivity index (χ2n) is 13.3. The number of methoxy groups -OCH3 is 4. The van der Waals surface area contributed by atoms with Gasteiger partial charge in [-0.2, -0.15) is 0 Å². The molecular formula is C40H44O13. The minimum Gasteiger partial charge on any atom is -0.504 e. The molecule has 13 nitrogen and oxygen atoms in total. The van der Waals surface area contributed by atoms with Gasteiger partial charge in [0.15, 0.2) is 46.0 Å². The van der Waals surface area contributed by atoms with Crippen LogP contribution in [-0.4, -0.2) is 84.9 Å². The van der Waals surface area contributed by atoms with Crippen LogP contribution < -0.4 is 23.7 Å². The number of cyclic esters (lactones) is 1. The summed E-state index contributed by atoms with van der Waals surface area (Å²) in [5, 5.41) is 63.6. The molecule has 0 amide bonds. The van der Waals surface area contributed by atoms with Crippen LogP contribution in [0.5, 0.6) is 46.0 Å². The van der Waals surface area contributed by atoms with Crippen molar-refractivity contribution in [3.63, 3.8) is 0 Å². The molecule has 2 aliphatic rings. The number of aliphatic hydroxyl groups is 3. The van der Waals surface area contributed by atoms with Gasteiger partial charge in [-0.1, -0.05) is 24.3 Å². The van der Waals surface area contributed by atoms with Crippen LogP contribution in [0, 0.1) is 11.8 Å². The largest absolute Gasteiger partial charge is 0.504 e. The third kappa shape index (κ3) is 7.19. The quantitative estimate of drug-likeness (QED) is 0.0999. The number of esters is 1. The summed E-state index contributed by atoms with van der Waals surface area (Å²) < 4.78 is 33.6. The lowest BCUT2D eigenvalue weighted by molar-refractivity contribution is -0.141. The molecule has 6 rings (SSSR count). The summed E-state index contributed by atoms with van der Waals surface area (Å²) >= 11 is 0. The maximum Gasteiger partial charge on any atom is 0.309 e. The Morgan fingerprint density at radius 2 is 1.40 bits per heavy atom. The zero-order valence-electron chi connectivity index (χ0n) is 29.8. The fraction of sp³-hybridized carbons (Fsp3) is 0.375. The third-order valence-corrected chi connectivity index (χ3v) is 10.3. The Bertz CT molecular complexity index is 1960. The summed E-state index contributed by atoms with van der Waals surface area (Å²) in [5.41, 5.74) is 3.46. The maximum absolute atomic E-state index is 13.2. The van der Waals surface area contributed by atoms with Gasteiger partial charge in [0.25, 0.3) is 0 Å². The first-order valence-corrected chi connectivity index (χ1v) is 17.1. The van der Waals surface area contributed by atoms with Gasteiger partial charge in [-0.25, -0.2) is 0 Å². The van der Waals surface area contributed by atoms with E-state index in [2.05, 4.69) is 0 Å². The van der Waals surface area contributed by atoms with E-state index in [4.69, 9.17) is 28.4 Å². The van der Waals surface area contributed by atoms with Crippen LogP contribution in [0.4, 0.5) is 0 Å². The first kappa shape index (κ1) is 37.4. The number of phenols is 3. The van der Waals surface area contributed by atoms with Gasteiger partial charge in [0, 0.05) is 23.0 Å². The predicted molar refractivity (Wildman–Crippen MR) is 190 cm³/mol. The van der Waals surface area contributed by atoms with Crippen molar-refractivity contribution in [2.24, 2.45) is 11.8 Å². The van der Waals surface area contributed by atoms with Gasteiger partial charge in [0.2, 0.25) is 0 Å². The minimum absolute atomic E-state index is 0.0158. The Morgan fingerprint density at radius 1 is 0.755 bits per heavy atom. The lowest BCUT2D eigenvalue weighted by Gasteiger charge is -2.25. The number of aliphatic hydroxyl groups excluding tert-OH is 3. The van der Waals surface area contributed by atoms with Crippen molar-refractivity contribution in [1.82, 2.24) is 0 Å². The highest BCUT2D eigenvalue weighted by Crippen LogP contribution is 2.52. The van der Waals surface area contributed by atoms with Gasteiger partial charge < -0.3 is 59.1 Å². The number of phenolic OH excluding ortho intramolecular Hbond substituents is 3. The van der Waals surface area contributed by atoms with E-state index in [-0.39, 0.29) is 71.6 Å². The summed E-state index contributed by atoms with van der Waals surface area (Å²) in [6.07, 6.45) is -1.24. The van der Waals surface area contributed by atoms with E-state index in [9.17, 15) is 35.4 Å². The topological polar surface area (TPSA) is 194 Å². The summed E-state index contributed by atoms with van der Waals surface area (Å²) in [4.78, 5) is 13.2. The van der Waals surface area contributed by atoms with Gasteiger partial charge in [-0.3, -0.25) is 4.79 Å². The molecular weight excluding hydrogens is 688 g/mol. The van der Waals surface area contributed by atoms with E-state index in [0.717, 1.165) is 11.1 Å². The Balaban J connectivity index is 1.27. The molecule has 0 aromatic heterocycles. The zero-order chi connectivity index (χ0) is 38.0. The predicted octanol–water partition coefficient (Wildman–Crippen LogP) is 4.43. The van der Waals surface area contributed by atoms with Crippen LogP contribution >= 0.6 is 0 Å². The first-order chi connectivity index (χ1) is 25.5. The van der Waals surface area contributed by atoms with E-state index in [1.54, 1.807) is 24.3 Å². The molecule has 0 aliphatic carbocycles. The number of rotatable bonds is 14. The van der Waals surface area contributed by atoms with Crippen LogP contribution in [0.1, 0.15) is 57.4 Å². The number of benzene rings is 4. The molecule has 13 heteroatoms. The Kier molecular flexibility index (Phi) is 11.1. The average Bonchev–Trinajstić information content (AvgIpc) is 3.71. The molecule has 1 saturated heterocycles. The van der Waals surface area contributed by atoms with Crippen molar-refractivity contribution in [3.05, 3.63) is 94.0 Å². The monoisotopic (exact) mass is 732 g/mol. The Labute approximate surface area is 306 Å². The summed E-state index contributed by atoms with van der Waals surface area (Å²) in [7, 11) is 5.75. The number of aromatic hydroxyl groups is 3. The second-order valence-corrected chi connectivity index (χ2v) is 13.3. The van der Waals surface area contributed by atoms with Gasteiger partial charge in [0.05, 0.1) is 66.2 Å². The van der Waals surface area contributed by atoms with Gasteiger partial charge in [0.1, 0.15) is 6.10 Å². The van der Waals surface area contributed by atoms with Crippen molar-refractivity contribution < 1.29 is 63.9 Å². The Morgan fingerprint density at radius 3 is 2.06 bits per heavy atom. The molecule has 2 heterocycles. The Hall–Kier alpha value is -5.37. The molecule has 0 saturated carbocycles. The number of hydrogen-bond acceptors (Lipinski definition) is 13. The lowest BCUT2D eigenvalue weighted by atomic mass is 9.82. The van der Waals surface area contributed by atoms with Crippen LogP contribution in [0.15, 0.2) is 60.7 Å². The lowest BCUT2D eigenvalue weighted by Crippen LogP contribution is -2.21. The van der Waals surface area contributed by atoms with Crippen molar-refractivity contribution in [3.8, 4) is 46.0 Å². The van der Waals surface area contributed by atoms with E-state index in [1.165, 1.54) is 52.7 Å². The SMILES string of the molecule is COc1cc(C(O)C(CO)c2cc(C[C@H]3C(=O)OC[C@@H]3Cc3cc(OC)c4c(c3)[C@H](CO)[C@@H](c3ccc(O)c(OC)c3)O4)cc(OC)c2O)ccc1O. The second kappa shape index (κ2) is 15.7. The molecule has 4 aromatic rings. The fourth-order valence-corrected chi connectivity index (χ4v) is 7.43. The van der Waals surface area contributed by atoms with Crippen LogP contribution in [0.2, 0.25) is 0 Å². The number of carbonyl (C=O) groups is 1. The first-order valence-electron chi connectivity index (χ1n) is 17.1. The normalized spacial score (nSPS) is 20.2. The summed E-state index contributed by atoms with van der Waals surface area (Å²) in [5.74, 6) is -1.59. The highest BCUT2D eigenvalue weighted by atomic mass is 16.5. The van der Waals surface area contributed by atoms with Gasteiger partial charge >= 0.3 is 5.97 Å². The van der Waals surface area contributed by atoms with Gasteiger partial charge in [-0.05, 0) is 71.5 Å². The average molecular weight is 733 g/mol. The van der Waals surface area contributed by atoms with Crippen molar-refractivity contribution >= 4 is 5.97 Å². The molecule has 6 atom stereocenters. The van der Waals surface area contributed by atoms with E-state index in [0.29, 0.717) is 34.6 Å². The van der Waals surface area contributed by atoms with Crippen LogP contribution in [-0.2, 0) is 22.4 Å². The molecule has 6 N–H and O–H groups in total. The summed E-state index contributed by atoms with van der Waals surface area (Å²) in [6, 6.07) is 16.3. The molecule has 0 bridgehead atoms. The van der Waals surface area contributed by atoms with E-state index >= 15 is 0 Å². The molecule has 2 aliphatic heterocycles. The molecule has 4 aromatic carbocycles. The number of carbonyl (C=O) groups excluding carboxylic acids is 1. The minimum atomic E-state index is -1.30. The molecule has 2 unspecified atom stereocenters. The standard InChI is InChI=1S/C40H44O13/c1-48-32-15-22(5-7-30(32)43)36(45)28(17-41)26-11-21(13-34(50-3)37(26)46)10-25-24(19-52-40(25)47)9-20-12-27-29(18-42)38(53-39(27)35(14-20)51-4)23-6-8-31(44)33(16-23)49-2/h5-8,11-16,24-25,28-29,36,38,41-46H,9-10,17-19H2,1-4H3/t24-,25+,28?,29-,36?,38+/m0/s1. The van der Waals surface area contributed by atoms with Gasteiger partial charge in [-0.15, -0.1) is 0 Å². The summed E-state index contributed by atoms with van der Waals surface area (Å²) in [6.45, 7) is -0.601. The van der Waals surface area contributed by atoms with Crippen LogP contribution in [0.25, 0.3) is 0 Å². The molecule has 53 heavy (non-hydrogen) atoms. The third-order valence-electron chi connectivity index (χ3n) is 10.3. The molecule has 282 valence electrons.